The molecule has 5 rings (SSSR count). The number of carbonyl (C=O) groups is 2. The molecule has 0 aromatic carbocycles. The molecule has 0 aromatic heterocycles. The predicted molar refractivity (Wildman–Crippen MR) is 116 cm³/mol. The molecule has 4 fully saturated rings. The van der Waals surface area contributed by atoms with E-state index in [0.717, 1.165) is 24.8 Å². The molecular formula is C24H30Cl2O4. The number of carbonyl (C=O) groups excluding carboxylic acids is 2. The van der Waals surface area contributed by atoms with Crippen LogP contribution >= 0.6 is 23.2 Å². The van der Waals surface area contributed by atoms with Gasteiger partial charge in [0.25, 0.3) is 0 Å². The molecule has 1 aliphatic heterocycles. The minimum absolute atomic E-state index is 0.0243. The zero-order valence-corrected chi connectivity index (χ0v) is 19.6. The average molecular weight is 453 g/mol. The highest BCUT2D eigenvalue weighted by atomic mass is 35.5. The van der Waals surface area contributed by atoms with Crippen molar-refractivity contribution in [2.45, 2.75) is 81.4 Å². The number of rotatable bonds is 0. The molecule has 0 radical (unpaired) electrons. The Hall–Kier alpha value is -0.680. The van der Waals surface area contributed by atoms with Gasteiger partial charge in [0.1, 0.15) is 12.2 Å². The van der Waals surface area contributed by atoms with Crippen LogP contribution in [0.25, 0.3) is 0 Å². The second kappa shape index (κ2) is 6.21. The van der Waals surface area contributed by atoms with Crippen LogP contribution in [0.15, 0.2) is 23.8 Å². The van der Waals surface area contributed by atoms with E-state index in [9.17, 15) is 9.59 Å². The lowest BCUT2D eigenvalue weighted by molar-refractivity contribution is -0.312. The Balaban J connectivity index is 1.60. The van der Waals surface area contributed by atoms with Crippen LogP contribution in [-0.4, -0.2) is 39.8 Å². The topological polar surface area (TPSA) is 52.6 Å². The van der Waals surface area contributed by atoms with E-state index in [4.69, 9.17) is 32.7 Å². The summed E-state index contributed by atoms with van der Waals surface area (Å²) in [7, 11) is 0. The number of halogens is 2. The monoisotopic (exact) mass is 452 g/mol. The summed E-state index contributed by atoms with van der Waals surface area (Å²) < 4.78 is 12.1. The van der Waals surface area contributed by atoms with Gasteiger partial charge in [-0.3, -0.25) is 9.59 Å². The Morgan fingerprint density at radius 3 is 2.57 bits per heavy atom. The highest BCUT2D eigenvalue weighted by Crippen LogP contribution is 2.72. The largest absolute Gasteiger partial charge is 0.343 e. The maximum absolute atomic E-state index is 13.3. The quantitative estimate of drug-likeness (QED) is 0.487. The second-order valence-corrected chi connectivity index (χ2v) is 11.9. The SMILES string of the molecule is CC1(C)OCC(=O)[C@]2(CCC3C4CCC5=CC(=O)C=CC5(C)[C@@]4(Cl)C(Cl)CC32C)O1. The van der Waals surface area contributed by atoms with Crippen molar-refractivity contribution in [2.75, 3.05) is 6.61 Å². The third-order valence-electron chi connectivity index (χ3n) is 9.14. The number of ether oxygens (including phenoxy) is 2. The first-order chi connectivity index (χ1) is 13.9. The molecule has 1 saturated heterocycles. The zero-order valence-electron chi connectivity index (χ0n) is 18.1. The molecule has 1 heterocycles. The maximum Gasteiger partial charge on any atom is 0.190 e. The van der Waals surface area contributed by atoms with E-state index < -0.39 is 27.1 Å². The van der Waals surface area contributed by atoms with Gasteiger partial charge < -0.3 is 9.47 Å². The van der Waals surface area contributed by atoms with Crippen molar-refractivity contribution in [1.29, 1.82) is 0 Å². The fraction of sp³-hybridized carbons (Fsp3) is 0.750. The van der Waals surface area contributed by atoms with E-state index in [1.54, 1.807) is 12.2 Å². The summed E-state index contributed by atoms with van der Waals surface area (Å²) in [5.74, 6) is -0.376. The van der Waals surface area contributed by atoms with Gasteiger partial charge >= 0.3 is 0 Å². The molecule has 164 valence electrons. The van der Waals surface area contributed by atoms with Gasteiger partial charge in [0.05, 0.1) is 10.3 Å². The minimum atomic E-state index is -0.875. The van der Waals surface area contributed by atoms with Crippen LogP contribution in [0.2, 0.25) is 0 Å². The smallest absolute Gasteiger partial charge is 0.190 e. The summed E-state index contributed by atoms with van der Waals surface area (Å²) in [5.41, 5.74) is -0.649. The third kappa shape index (κ3) is 2.37. The normalized spacial score (nSPS) is 51.9. The zero-order chi connectivity index (χ0) is 21.7. The van der Waals surface area contributed by atoms with Crippen molar-refractivity contribution >= 4 is 34.8 Å². The summed E-state index contributed by atoms with van der Waals surface area (Å²) >= 11 is 14.7. The highest BCUT2D eigenvalue weighted by molar-refractivity contribution is 6.34. The molecule has 0 aromatic rings. The molecule has 4 nitrogen and oxygen atoms in total. The summed E-state index contributed by atoms with van der Waals surface area (Å²) in [6.07, 6.45) is 9.24. The van der Waals surface area contributed by atoms with E-state index in [1.165, 1.54) is 0 Å². The molecule has 0 N–H and O–H groups in total. The van der Waals surface area contributed by atoms with E-state index in [1.807, 2.05) is 19.9 Å². The van der Waals surface area contributed by atoms with Crippen molar-refractivity contribution in [1.82, 2.24) is 0 Å². The van der Waals surface area contributed by atoms with Crippen LogP contribution in [0.5, 0.6) is 0 Å². The van der Waals surface area contributed by atoms with Crippen LogP contribution in [0.4, 0.5) is 0 Å². The number of ketones is 2. The Morgan fingerprint density at radius 1 is 1.10 bits per heavy atom. The Morgan fingerprint density at radius 2 is 1.83 bits per heavy atom. The highest BCUT2D eigenvalue weighted by Gasteiger charge is 2.74. The Labute approximate surface area is 188 Å². The molecule has 4 aliphatic carbocycles. The molecule has 5 unspecified atom stereocenters. The summed E-state index contributed by atoms with van der Waals surface area (Å²) in [6, 6.07) is 0. The number of Topliss-reactive ketones (excluding diaryl/α,β-unsaturated/α-hetero) is 1. The second-order valence-electron chi connectivity index (χ2n) is 10.8. The summed E-state index contributed by atoms with van der Waals surface area (Å²) in [4.78, 5) is 24.6. The van der Waals surface area contributed by atoms with Gasteiger partial charge in [0.2, 0.25) is 0 Å². The van der Waals surface area contributed by atoms with Crippen LogP contribution in [0.1, 0.15) is 59.8 Å². The predicted octanol–water partition coefficient (Wildman–Crippen LogP) is 4.96. The lowest BCUT2D eigenvalue weighted by Gasteiger charge is -2.64. The molecule has 6 heteroatoms. The van der Waals surface area contributed by atoms with Gasteiger partial charge in [-0.1, -0.05) is 25.5 Å². The minimum Gasteiger partial charge on any atom is -0.343 e. The van der Waals surface area contributed by atoms with Crippen LogP contribution < -0.4 is 0 Å². The van der Waals surface area contributed by atoms with E-state index in [-0.39, 0.29) is 35.4 Å². The number of fused-ring (bicyclic) bond motifs is 6. The van der Waals surface area contributed by atoms with Crippen molar-refractivity contribution < 1.29 is 19.1 Å². The van der Waals surface area contributed by atoms with Gasteiger partial charge in [-0.15, -0.1) is 23.2 Å². The van der Waals surface area contributed by atoms with Crippen molar-refractivity contribution in [2.24, 2.45) is 22.7 Å². The van der Waals surface area contributed by atoms with Crippen LogP contribution in [-0.2, 0) is 19.1 Å². The number of alkyl halides is 2. The molecule has 0 bridgehead atoms. The van der Waals surface area contributed by atoms with Gasteiger partial charge in [-0.05, 0) is 69.9 Å². The standard InChI is InChI=1S/C24H30Cl2O4/c1-20(2)29-13-19(28)23(30-20)10-8-16-17-6-5-14-11-15(27)7-9-21(14,3)24(17,26)18(25)12-22(16,23)4/h7,9,11,16-18H,5-6,8,10,12-13H2,1-4H3/t16?,17?,18?,21?,22?,23-,24-/m0/s1. The molecular weight excluding hydrogens is 423 g/mol. The van der Waals surface area contributed by atoms with Crippen LogP contribution in [0, 0.1) is 22.7 Å². The molecule has 5 aliphatic rings. The molecule has 1 spiro atoms. The first kappa shape index (κ1) is 21.2. The van der Waals surface area contributed by atoms with Crippen molar-refractivity contribution in [3.63, 3.8) is 0 Å². The van der Waals surface area contributed by atoms with Gasteiger partial charge in [0, 0.05) is 10.8 Å². The van der Waals surface area contributed by atoms with Gasteiger partial charge in [-0.2, -0.15) is 0 Å². The van der Waals surface area contributed by atoms with Gasteiger partial charge in [0.15, 0.2) is 17.4 Å². The van der Waals surface area contributed by atoms with Crippen molar-refractivity contribution in [3.8, 4) is 0 Å². The fourth-order valence-electron chi connectivity index (χ4n) is 7.62. The maximum atomic E-state index is 13.3. The Kier molecular flexibility index (Phi) is 4.39. The third-order valence-corrected chi connectivity index (χ3v) is 10.7. The Bertz CT molecular complexity index is 894. The van der Waals surface area contributed by atoms with Crippen LogP contribution in [0.3, 0.4) is 0 Å². The molecule has 7 atom stereocenters. The lowest BCUT2D eigenvalue weighted by atomic mass is 9.46. The number of hydrogen-bond donors (Lipinski definition) is 0. The fourth-order valence-corrected chi connectivity index (χ4v) is 8.85. The summed E-state index contributed by atoms with van der Waals surface area (Å²) in [5, 5.41) is -0.352. The average Bonchev–Trinajstić information content (AvgIpc) is 2.93. The van der Waals surface area contributed by atoms with E-state index >= 15 is 0 Å². The van der Waals surface area contributed by atoms with Crippen molar-refractivity contribution in [3.05, 3.63) is 23.8 Å². The molecule has 3 saturated carbocycles. The van der Waals surface area contributed by atoms with E-state index in [2.05, 4.69) is 13.8 Å². The van der Waals surface area contributed by atoms with Gasteiger partial charge in [-0.25, -0.2) is 0 Å². The number of hydrogen-bond acceptors (Lipinski definition) is 4. The first-order valence-corrected chi connectivity index (χ1v) is 11.9. The summed E-state index contributed by atoms with van der Waals surface area (Å²) in [6.45, 7) is 8.15. The van der Waals surface area contributed by atoms with E-state index in [0.29, 0.717) is 12.8 Å². The first-order valence-electron chi connectivity index (χ1n) is 11.0. The number of allylic oxidation sites excluding steroid dienone is 4. The lowest BCUT2D eigenvalue weighted by Crippen LogP contribution is -2.69. The molecule has 0 amide bonds. The molecule has 30 heavy (non-hydrogen) atoms.